The average molecular weight is 396 g/mol. The van der Waals surface area contributed by atoms with E-state index in [2.05, 4.69) is 22.4 Å². The third-order valence-electron chi connectivity index (χ3n) is 5.05. The van der Waals surface area contributed by atoms with Crippen molar-refractivity contribution in [1.82, 2.24) is 10.2 Å². The van der Waals surface area contributed by atoms with Gasteiger partial charge in [-0.05, 0) is 43.5 Å². The van der Waals surface area contributed by atoms with Crippen LogP contribution in [0, 0.1) is 11.8 Å². The van der Waals surface area contributed by atoms with Gasteiger partial charge in [0.2, 0.25) is 16.9 Å². The van der Waals surface area contributed by atoms with Crippen LogP contribution in [-0.2, 0) is 16.0 Å². The number of aromatic nitrogens is 2. The molecular formula is C20H20N4O3S. The maximum absolute atomic E-state index is 12.6. The molecule has 2 heterocycles. The summed E-state index contributed by atoms with van der Waals surface area (Å²) in [6, 6.07) is 6.50. The molecule has 4 rings (SSSR count). The molecule has 0 bridgehead atoms. The van der Waals surface area contributed by atoms with Crippen molar-refractivity contribution in [2.75, 3.05) is 10.2 Å². The van der Waals surface area contributed by atoms with Gasteiger partial charge in [0.25, 0.3) is 5.91 Å². The van der Waals surface area contributed by atoms with Crippen molar-refractivity contribution in [3.05, 3.63) is 47.0 Å². The van der Waals surface area contributed by atoms with Crippen LogP contribution in [0.15, 0.2) is 36.4 Å². The molecule has 0 radical (unpaired) electrons. The summed E-state index contributed by atoms with van der Waals surface area (Å²) in [5.74, 6) is -1.16. The minimum atomic E-state index is -0.303. The Morgan fingerprint density at radius 1 is 1.11 bits per heavy atom. The first-order valence-corrected chi connectivity index (χ1v) is 10.2. The molecule has 2 atom stereocenters. The molecule has 28 heavy (non-hydrogen) atoms. The number of anilines is 2. The molecule has 1 aliphatic carbocycles. The van der Waals surface area contributed by atoms with Gasteiger partial charge in [-0.25, -0.2) is 0 Å². The molecule has 1 aliphatic heterocycles. The van der Waals surface area contributed by atoms with Crippen LogP contribution in [0.4, 0.5) is 10.8 Å². The lowest BCUT2D eigenvalue weighted by Crippen LogP contribution is -2.30. The second kappa shape index (κ2) is 7.63. The number of allylic oxidation sites excluding steroid dienone is 2. The maximum Gasteiger partial charge on any atom is 0.257 e. The van der Waals surface area contributed by atoms with Crippen LogP contribution in [0.1, 0.15) is 41.6 Å². The molecule has 1 N–H and O–H groups in total. The number of carbonyl (C=O) groups is 3. The Labute approximate surface area is 166 Å². The maximum atomic E-state index is 12.6. The number of rotatable bonds is 5. The molecule has 2 aromatic rings. The van der Waals surface area contributed by atoms with Crippen LogP contribution in [0.5, 0.6) is 0 Å². The third kappa shape index (κ3) is 3.35. The van der Waals surface area contributed by atoms with Gasteiger partial charge in [-0.1, -0.05) is 30.4 Å². The van der Waals surface area contributed by atoms with Gasteiger partial charge in [-0.15, -0.1) is 10.2 Å². The molecule has 7 nitrogen and oxygen atoms in total. The number of hydrogen-bond acceptors (Lipinski definition) is 6. The Morgan fingerprint density at radius 2 is 1.75 bits per heavy atom. The van der Waals surface area contributed by atoms with Gasteiger partial charge in [0, 0.05) is 12.0 Å². The summed E-state index contributed by atoms with van der Waals surface area (Å²) in [5, 5.41) is 12.1. The molecule has 2 unspecified atom stereocenters. The summed E-state index contributed by atoms with van der Waals surface area (Å²) in [6.07, 6.45) is 6.93. The van der Waals surface area contributed by atoms with E-state index in [1.807, 2.05) is 12.2 Å². The lowest BCUT2D eigenvalue weighted by atomic mass is 9.85. The summed E-state index contributed by atoms with van der Waals surface area (Å²) in [7, 11) is 0. The van der Waals surface area contributed by atoms with Crippen LogP contribution >= 0.6 is 11.3 Å². The Morgan fingerprint density at radius 3 is 2.36 bits per heavy atom. The predicted molar refractivity (Wildman–Crippen MR) is 106 cm³/mol. The summed E-state index contributed by atoms with van der Waals surface area (Å²) >= 11 is 1.36. The monoisotopic (exact) mass is 396 g/mol. The number of fused-ring (bicyclic) bond motifs is 1. The molecule has 2 aliphatic rings. The molecular weight excluding hydrogens is 376 g/mol. The minimum absolute atomic E-state index is 0.158. The second-order valence-corrected chi connectivity index (χ2v) is 7.98. The van der Waals surface area contributed by atoms with E-state index in [0.29, 0.717) is 29.2 Å². The highest BCUT2D eigenvalue weighted by molar-refractivity contribution is 7.15. The zero-order chi connectivity index (χ0) is 19.7. The van der Waals surface area contributed by atoms with Crippen molar-refractivity contribution in [3.8, 4) is 0 Å². The molecule has 1 aromatic carbocycles. The Hall–Kier alpha value is -2.87. The van der Waals surface area contributed by atoms with Gasteiger partial charge in [-0.2, -0.15) is 0 Å². The Kier molecular flexibility index (Phi) is 5.04. The third-order valence-corrected chi connectivity index (χ3v) is 5.94. The molecule has 144 valence electrons. The minimum Gasteiger partial charge on any atom is -0.296 e. The SMILES string of the molecule is CCCc1nnc(NC(=O)c2ccc(N3C(=O)C4CC=CCC4C3=O)cc2)s1. The summed E-state index contributed by atoms with van der Waals surface area (Å²) in [5.41, 5.74) is 0.927. The zero-order valence-corrected chi connectivity index (χ0v) is 16.2. The highest BCUT2D eigenvalue weighted by Crippen LogP contribution is 2.37. The molecule has 3 amide bonds. The van der Waals surface area contributed by atoms with Crippen LogP contribution in [0.25, 0.3) is 0 Å². The van der Waals surface area contributed by atoms with Gasteiger partial charge in [0.15, 0.2) is 0 Å². The number of benzene rings is 1. The highest BCUT2D eigenvalue weighted by Gasteiger charge is 2.47. The fraction of sp³-hybridized carbons (Fsp3) is 0.350. The number of amides is 3. The van der Waals surface area contributed by atoms with Crippen LogP contribution < -0.4 is 10.2 Å². The first-order valence-electron chi connectivity index (χ1n) is 9.35. The van der Waals surface area contributed by atoms with Crippen LogP contribution in [-0.4, -0.2) is 27.9 Å². The van der Waals surface area contributed by atoms with Crippen molar-refractivity contribution in [3.63, 3.8) is 0 Å². The van der Waals surface area contributed by atoms with Crippen molar-refractivity contribution < 1.29 is 14.4 Å². The van der Waals surface area contributed by atoms with E-state index in [1.165, 1.54) is 16.2 Å². The van der Waals surface area contributed by atoms with E-state index in [1.54, 1.807) is 24.3 Å². The first kappa shape index (κ1) is 18.5. The smallest absolute Gasteiger partial charge is 0.257 e. The van der Waals surface area contributed by atoms with Crippen molar-refractivity contribution in [2.45, 2.75) is 32.6 Å². The van der Waals surface area contributed by atoms with Crippen molar-refractivity contribution >= 4 is 39.9 Å². The Balaban J connectivity index is 1.47. The molecule has 1 fully saturated rings. The summed E-state index contributed by atoms with van der Waals surface area (Å²) in [6.45, 7) is 2.06. The fourth-order valence-corrected chi connectivity index (χ4v) is 4.44. The number of aryl methyl sites for hydroxylation is 1. The average Bonchev–Trinajstić information content (AvgIpc) is 3.25. The second-order valence-electron chi connectivity index (χ2n) is 6.92. The lowest BCUT2D eigenvalue weighted by molar-refractivity contribution is -0.122. The van der Waals surface area contributed by atoms with Crippen molar-refractivity contribution in [1.29, 1.82) is 0 Å². The van der Waals surface area contributed by atoms with Gasteiger partial charge in [0.05, 0.1) is 17.5 Å². The predicted octanol–water partition coefficient (Wildman–Crippen LogP) is 3.20. The number of carbonyl (C=O) groups excluding carboxylic acids is 3. The quantitative estimate of drug-likeness (QED) is 0.619. The number of hydrogen-bond donors (Lipinski definition) is 1. The number of nitrogens with one attached hydrogen (secondary N) is 1. The van der Waals surface area contributed by atoms with E-state index < -0.39 is 0 Å². The normalized spacial score (nSPS) is 21.1. The standard InChI is InChI=1S/C20H20N4O3S/c1-2-5-16-22-23-20(28-16)21-17(25)12-8-10-13(11-9-12)24-18(26)14-6-3-4-7-15(14)19(24)27/h3-4,8-11,14-15H,2,5-7H2,1H3,(H,21,23,25). The van der Waals surface area contributed by atoms with Gasteiger partial charge >= 0.3 is 0 Å². The van der Waals surface area contributed by atoms with Gasteiger partial charge in [0.1, 0.15) is 5.01 Å². The van der Waals surface area contributed by atoms with Gasteiger partial charge in [-0.3, -0.25) is 24.6 Å². The lowest BCUT2D eigenvalue weighted by Gasteiger charge is -2.15. The van der Waals surface area contributed by atoms with E-state index in [9.17, 15) is 14.4 Å². The van der Waals surface area contributed by atoms with Crippen LogP contribution in [0.2, 0.25) is 0 Å². The summed E-state index contributed by atoms with van der Waals surface area (Å²) in [4.78, 5) is 39.0. The first-order chi connectivity index (χ1) is 13.6. The molecule has 1 saturated heterocycles. The molecule has 0 spiro atoms. The summed E-state index contributed by atoms with van der Waals surface area (Å²) < 4.78 is 0. The number of nitrogens with zero attached hydrogens (tertiary/aromatic N) is 3. The van der Waals surface area contributed by atoms with Crippen LogP contribution in [0.3, 0.4) is 0 Å². The van der Waals surface area contributed by atoms with E-state index >= 15 is 0 Å². The van der Waals surface area contributed by atoms with Gasteiger partial charge < -0.3 is 0 Å². The highest BCUT2D eigenvalue weighted by atomic mass is 32.1. The van der Waals surface area contributed by atoms with Crippen molar-refractivity contribution in [2.24, 2.45) is 11.8 Å². The topological polar surface area (TPSA) is 92.3 Å². The molecule has 0 saturated carbocycles. The fourth-order valence-electron chi connectivity index (χ4n) is 3.60. The molecule has 8 heteroatoms. The van der Waals surface area contributed by atoms with E-state index in [0.717, 1.165) is 17.8 Å². The largest absolute Gasteiger partial charge is 0.296 e. The zero-order valence-electron chi connectivity index (χ0n) is 15.4. The van der Waals surface area contributed by atoms with E-state index in [-0.39, 0.29) is 29.6 Å². The molecule has 1 aromatic heterocycles. The number of imide groups is 1. The van der Waals surface area contributed by atoms with E-state index in [4.69, 9.17) is 0 Å². The Bertz CT molecular complexity index is 925.